The van der Waals surface area contributed by atoms with Crippen molar-refractivity contribution in [3.63, 3.8) is 0 Å². The molecule has 0 aliphatic rings. The highest BCUT2D eigenvalue weighted by atomic mass is 16.5. The van der Waals surface area contributed by atoms with Crippen molar-refractivity contribution in [2.75, 3.05) is 26.4 Å². The van der Waals surface area contributed by atoms with Crippen LogP contribution in [0.2, 0.25) is 0 Å². The maximum absolute atomic E-state index is 11.3. The number of carbonyl (C=O) groups is 1. The average molecular weight is 316 g/mol. The molecular weight excluding hydrogens is 280 g/mol. The molecule has 0 aliphatic heterocycles. The Morgan fingerprint density at radius 3 is 1.91 bits per heavy atom. The van der Waals surface area contributed by atoms with E-state index >= 15 is 0 Å². The monoisotopic (exact) mass is 316 g/mol. The van der Waals surface area contributed by atoms with Crippen LogP contribution in [0, 0.1) is 0 Å². The molecule has 0 aromatic heterocycles. The summed E-state index contributed by atoms with van der Waals surface area (Å²) in [6, 6.07) is 0. The molecule has 0 fully saturated rings. The van der Waals surface area contributed by atoms with E-state index < -0.39 is 0 Å². The highest BCUT2D eigenvalue weighted by Gasteiger charge is 2.04. The second-order valence-electron chi connectivity index (χ2n) is 5.99. The van der Waals surface area contributed by atoms with Gasteiger partial charge in [0.15, 0.2) is 0 Å². The summed E-state index contributed by atoms with van der Waals surface area (Å²) < 4.78 is 16.0. The van der Waals surface area contributed by atoms with Crippen molar-refractivity contribution in [3.8, 4) is 0 Å². The summed E-state index contributed by atoms with van der Waals surface area (Å²) in [5.74, 6) is -0.145. The van der Waals surface area contributed by atoms with Crippen LogP contribution in [0.4, 0.5) is 0 Å². The second-order valence-corrected chi connectivity index (χ2v) is 5.99. The number of rotatable bonds is 16. The van der Waals surface area contributed by atoms with Crippen LogP contribution in [0.1, 0.15) is 78.6 Å². The predicted octanol–water partition coefficient (Wildman–Crippen LogP) is 4.50. The Balaban J connectivity index is 3.07. The van der Waals surface area contributed by atoms with Crippen molar-refractivity contribution in [2.24, 2.45) is 0 Å². The van der Waals surface area contributed by atoms with Gasteiger partial charge < -0.3 is 14.2 Å². The lowest BCUT2D eigenvalue weighted by Crippen LogP contribution is -2.12. The lowest BCUT2D eigenvalue weighted by atomic mass is 10.1. The molecule has 0 atom stereocenters. The van der Waals surface area contributed by atoms with Gasteiger partial charge in [0, 0.05) is 19.6 Å². The van der Waals surface area contributed by atoms with E-state index in [9.17, 15) is 4.79 Å². The standard InChI is InChI=1S/C18H36O4/c1-4-5-6-7-8-9-10-13-20-15-16-21-14-11-12-18(19)22-17(2)3/h17H,4-16H2,1-3H3. The zero-order valence-electron chi connectivity index (χ0n) is 14.9. The van der Waals surface area contributed by atoms with E-state index in [1.54, 1.807) is 0 Å². The van der Waals surface area contributed by atoms with Crippen molar-refractivity contribution in [2.45, 2.75) is 84.7 Å². The normalized spacial score (nSPS) is 11.1. The number of esters is 1. The summed E-state index contributed by atoms with van der Waals surface area (Å²) in [7, 11) is 0. The van der Waals surface area contributed by atoms with Crippen molar-refractivity contribution in [1.29, 1.82) is 0 Å². The van der Waals surface area contributed by atoms with Gasteiger partial charge in [-0.2, -0.15) is 0 Å². The lowest BCUT2D eigenvalue weighted by Gasteiger charge is -2.08. The van der Waals surface area contributed by atoms with Crippen LogP contribution in [0.15, 0.2) is 0 Å². The number of hydrogen-bond donors (Lipinski definition) is 0. The number of carbonyl (C=O) groups excluding carboxylic acids is 1. The Labute approximate surface area is 136 Å². The van der Waals surface area contributed by atoms with Gasteiger partial charge in [-0.25, -0.2) is 0 Å². The molecule has 0 amide bonds. The molecule has 0 heterocycles. The third-order valence-corrected chi connectivity index (χ3v) is 3.30. The van der Waals surface area contributed by atoms with E-state index in [1.165, 1.54) is 38.5 Å². The summed E-state index contributed by atoms with van der Waals surface area (Å²) >= 11 is 0. The molecule has 0 N–H and O–H groups in total. The highest BCUT2D eigenvalue weighted by Crippen LogP contribution is 2.06. The summed E-state index contributed by atoms with van der Waals surface area (Å²) in [6.45, 7) is 8.63. The van der Waals surface area contributed by atoms with Crippen molar-refractivity contribution >= 4 is 5.97 Å². The largest absolute Gasteiger partial charge is 0.463 e. The van der Waals surface area contributed by atoms with E-state index in [1.807, 2.05) is 13.8 Å². The fraction of sp³-hybridized carbons (Fsp3) is 0.944. The quantitative estimate of drug-likeness (QED) is 0.310. The molecular formula is C18H36O4. The Kier molecular flexibility index (Phi) is 16.3. The van der Waals surface area contributed by atoms with Crippen LogP contribution >= 0.6 is 0 Å². The summed E-state index contributed by atoms with van der Waals surface area (Å²) in [5.41, 5.74) is 0. The minimum atomic E-state index is -0.145. The fourth-order valence-corrected chi connectivity index (χ4v) is 2.12. The molecule has 0 bridgehead atoms. The first kappa shape index (κ1) is 21.4. The van der Waals surface area contributed by atoms with Crippen molar-refractivity contribution < 1.29 is 19.0 Å². The number of ether oxygens (including phenoxy) is 3. The molecule has 132 valence electrons. The average Bonchev–Trinajstić information content (AvgIpc) is 2.47. The summed E-state index contributed by atoms with van der Waals surface area (Å²) in [6.07, 6.45) is 10.2. The van der Waals surface area contributed by atoms with Crippen molar-refractivity contribution in [1.82, 2.24) is 0 Å². The van der Waals surface area contributed by atoms with Crippen LogP contribution in [0.25, 0.3) is 0 Å². The Morgan fingerprint density at radius 2 is 1.32 bits per heavy atom. The summed E-state index contributed by atoms with van der Waals surface area (Å²) in [5, 5.41) is 0. The lowest BCUT2D eigenvalue weighted by molar-refractivity contribution is -0.147. The SMILES string of the molecule is CCCCCCCCCOCCOCCCC(=O)OC(C)C. The van der Waals surface area contributed by atoms with E-state index in [4.69, 9.17) is 14.2 Å². The van der Waals surface area contributed by atoms with Gasteiger partial charge in [0.05, 0.1) is 19.3 Å². The molecule has 0 unspecified atom stereocenters. The van der Waals surface area contributed by atoms with Crippen LogP contribution < -0.4 is 0 Å². The minimum Gasteiger partial charge on any atom is -0.463 e. The van der Waals surface area contributed by atoms with Gasteiger partial charge in [0.1, 0.15) is 0 Å². The molecule has 4 heteroatoms. The molecule has 22 heavy (non-hydrogen) atoms. The first-order chi connectivity index (χ1) is 10.7. The van der Waals surface area contributed by atoms with Gasteiger partial charge >= 0.3 is 5.97 Å². The zero-order valence-corrected chi connectivity index (χ0v) is 14.9. The minimum absolute atomic E-state index is 0.0338. The van der Waals surface area contributed by atoms with E-state index in [0.29, 0.717) is 32.7 Å². The maximum atomic E-state index is 11.3. The van der Waals surface area contributed by atoms with Crippen LogP contribution in [-0.2, 0) is 19.0 Å². The van der Waals surface area contributed by atoms with Gasteiger partial charge in [-0.1, -0.05) is 45.4 Å². The van der Waals surface area contributed by atoms with Gasteiger partial charge in [0.2, 0.25) is 0 Å². The van der Waals surface area contributed by atoms with E-state index in [-0.39, 0.29) is 12.1 Å². The van der Waals surface area contributed by atoms with E-state index in [2.05, 4.69) is 6.92 Å². The topological polar surface area (TPSA) is 44.8 Å². The molecule has 0 saturated carbocycles. The number of hydrogen-bond acceptors (Lipinski definition) is 4. The first-order valence-electron chi connectivity index (χ1n) is 9.01. The molecule has 0 saturated heterocycles. The zero-order chi connectivity index (χ0) is 16.5. The van der Waals surface area contributed by atoms with Gasteiger partial charge in [-0.05, 0) is 26.7 Å². The third kappa shape index (κ3) is 17.4. The van der Waals surface area contributed by atoms with Gasteiger partial charge in [-0.3, -0.25) is 4.79 Å². The Morgan fingerprint density at radius 1 is 0.773 bits per heavy atom. The van der Waals surface area contributed by atoms with Gasteiger partial charge in [0.25, 0.3) is 0 Å². The van der Waals surface area contributed by atoms with Gasteiger partial charge in [-0.15, -0.1) is 0 Å². The smallest absolute Gasteiger partial charge is 0.306 e. The molecule has 0 rings (SSSR count). The summed E-state index contributed by atoms with van der Waals surface area (Å²) in [4.78, 5) is 11.3. The van der Waals surface area contributed by atoms with E-state index in [0.717, 1.165) is 13.0 Å². The maximum Gasteiger partial charge on any atom is 0.306 e. The van der Waals surface area contributed by atoms with Crippen LogP contribution in [-0.4, -0.2) is 38.5 Å². The third-order valence-electron chi connectivity index (χ3n) is 3.30. The second kappa shape index (κ2) is 16.8. The molecule has 0 spiro atoms. The fourth-order valence-electron chi connectivity index (χ4n) is 2.12. The molecule has 4 nitrogen and oxygen atoms in total. The molecule has 0 aliphatic carbocycles. The van der Waals surface area contributed by atoms with Crippen LogP contribution in [0.3, 0.4) is 0 Å². The number of unbranched alkanes of at least 4 members (excludes halogenated alkanes) is 6. The Bertz CT molecular complexity index is 241. The molecule has 0 aromatic rings. The molecule has 0 radical (unpaired) electrons. The predicted molar refractivity (Wildman–Crippen MR) is 90.1 cm³/mol. The van der Waals surface area contributed by atoms with Crippen molar-refractivity contribution in [3.05, 3.63) is 0 Å². The Hall–Kier alpha value is -0.610. The first-order valence-corrected chi connectivity index (χ1v) is 9.01. The highest BCUT2D eigenvalue weighted by molar-refractivity contribution is 5.69. The van der Waals surface area contributed by atoms with Crippen LogP contribution in [0.5, 0.6) is 0 Å². The molecule has 0 aromatic carbocycles.